The van der Waals surface area contributed by atoms with Crippen molar-refractivity contribution in [2.24, 2.45) is 17.8 Å². The Bertz CT molecular complexity index is 198. The molecular formula is C10H14. The highest BCUT2D eigenvalue weighted by Crippen LogP contribution is 2.46. The molecule has 0 radical (unpaired) electrons. The summed E-state index contributed by atoms with van der Waals surface area (Å²) >= 11 is 0. The van der Waals surface area contributed by atoms with E-state index in [0.717, 1.165) is 17.8 Å². The smallest absolute Gasteiger partial charge is 0.00146 e. The minimum atomic E-state index is 0.810. The van der Waals surface area contributed by atoms with Crippen LogP contribution >= 0.6 is 0 Å². The molecule has 0 nitrogen and oxygen atoms in total. The van der Waals surface area contributed by atoms with Gasteiger partial charge in [0, 0.05) is 0 Å². The van der Waals surface area contributed by atoms with Crippen LogP contribution in [-0.2, 0) is 0 Å². The molecule has 2 rings (SSSR count). The average Bonchev–Trinajstić information content (AvgIpc) is 2.46. The van der Waals surface area contributed by atoms with E-state index >= 15 is 0 Å². The summed E-state index contributed by atoms with van der Waals surface area (Å²) < 4.78 is 0. The largest absolute Gasteiger partial charge is 0.0876 e. The number of rotatable bonds is 0. The van der Waals surface area contributed by atoms with Crippen molar-refractivity contribution in [3.05, 3.63) is 23.8 Å². The molecule has 0 amide bonds. The second-order valence-corrected chi connectivity index (χ2v) is 3.47. The lowest BCUT2D eigenvalue weighted by atomic mass is 9.90. The fourth-order valence-corrected chi connectivity index (χ4v) is 2.41. The quantitative estimate of drug-likeness (QED) is 0.447. The molecule has 2 bridgehead atoms. The van der Waals surface area contributed by atoms with Gasteiger partial charge < -0.3 is 0 Å². The van der Waals surface area contributed by atoms with Gasteiger partial charge in [0.2, 0.25) is 0 Å². The summed E-state index contributed by atoms with van der Waals surface area (Å²) in [5.74, 6) is 2.51. The second kappa shape index (κ2) is 1.98. The Morgan fingerprint density at radius 2 is 2.30 bits per heavy atom. The fourth-order valence-electron chi connectivity index (χ4n) is 2.41. The lowest BCUT2D eigenvalue weighted by molar-refractivity contribution is 0.556. The van der Waals surface area contributed by atoms with Gasteiger partial charge in [-0.25, -0.2) is 0 Å². The molecule has 2 aliphatic rings. The molecule has 0 aromatic carbocycles. The molecule has 10 heavy (non-hydrogen) atoms. The number of hydrogen-bond donors (Lipinski definition) is 0. The van der Waals surface area contributed by atoms with Crippen LogP contribution in [-0.4, -0.2) is 0 Å². The van der Waals surface area contributed by atoms with Crippen LogP contribution in [0.5, 0.6) is 0 Å². The van der Waals surface area contributed by atoms with Gasteiger partial charge in [-0.1, -0.05) is 30.7 Å². The molecule has 0 aromatic heterocycles. The third-order valence-electron chi connectivity index (χ3n) is 3.05. The summed E-state index contributed by atoms with van der Waals surface area (Å²) in [5.41, 5.74) is 1.67. The van der Waals surface area contributed by atoms with Crippen LogP contribution in [0.1, 0.15) is 20.3 Å². The van der Waals surface area contributed by atoms with E-state index in [1.807, 2.05) is 0 Å². The first-order valence-corrected chi connectivity index (χ1v) is 4.17. The normalized spacial score (nSPS) is 47.4. The van der Waals surface area contributed by atoms with Gasteiger partial charge in [-0.05, 0) is 31.1 Å². The number of fused-ring (bicyclic) bond motifs is 2. The first kappa shape index (κ1) is 6.21. The van der Waals surface area contributed by atoms with Gasteiger partial charge in [-0.15, -0.1) is 0 Å². The molecule has 2 aliphatic carbocycles. The summed E-state index contributed by atoms with van der Waals surface area (Å²) in [6.07, 6.45) is 8.46. The summed E-state index contributed by atoms with van der Waals surface area (Å²) in [7, 11) is 0. The van der Waals surface area contributed by atoms with Gasteiger partial charge in [0.25, 0.3) is 0 Å². The van der Waals surface area contributed by atoms with Crippen LogP contribution in [0.15, 0.2) is 23.8 Å². The van der Waals surface area contributed by atoms with Crippen molar-refractivity contribution in [3.8, 4) is 0 Å². The van der Waals surface area contributed by atoms with Crippen molar-refractivity contribution in [3.63, 3.8) is 0 Å². The first-order valence-electron chi connectivity index (χ1n) is 4.17. The van der Waals surface area contributed by atoms with E-state index in [1.165, 1.54) is 6.42 Å². The molecule has 0 aliphatic heterocycles. The van der Waals surface area contributed by atoms with E-state index < -0.39 is 0 Å². The van der Waals surface area contributed by atoms with Gasteiger partial charge in [-0.2, -0.15) is 0 Å². The molecule has 0 spiro atoms. The lowest BCUT2D eigenvalue weighted by Gasteiger charge is -2.15. The maximum atomic E-state index is 2.39. The maximum absolute atomic E-state index is 2.39. The van der Waals surface area contributed by atoms with Crippen molar-refractivity contribution in [2.45, 2.75) is 20.3 Å². The zero-order valence-corrected chi connectivity index (χ0v) is 6.67. The van der Waals surface area contributed by atoms with Crippen molar-refractivity contribution in [1.29, 1.82) is 0 Å². The highest BCUT2D eigenvalue weighted by atomic mass is 14.4. The molecule has 0 saturated heterocycles. The Labute approximate surface area is 62.6 Å². The molecule has 3 atom stereocenters. The van der Waals surface area contributed by atoms with E-state index in [9.17, 15) is 0 Å². The zero-order valence-electron chi connectivity index (χ0n) is 6.67. The first-order chi connectivity index (χ1) is 4.83. The molecule has 0 aromatic rings. The fraction of sp³-hybridized carbons (Fsp3) is 0.600. The molecule has 3 unspecified atom stereocenters. The third-order valence-corrected chi connectivity index (χ3v) is 3.05. The zero-order chi connectivity index (χ0) is 7.14. The minimum Gasteiger partial charge on any atom is -0.0876 e. The van der Waals surface area contributed by atoms with Crippen molar-refractivity contribution in [1.82, 2.24) is 0 Å². The third kappa shape index (κ3) is 0.622. The number of hydrogen-bond acceptors (Lipinski definition) is 0. The highest BCUT2D eigenvalue weighted by Gasteiger charge is 2.36. The molecule has 1 saturated carbocycles. The Morgan fingerprint density at radius 3 is 2.70 bits per heavy atom. The monoisotopic (exact) mass is 134 g/mol. The summed E-state index contributed by atoms with van der Waals surface area (Å²) in [6.45, 7) is 4.52. The summed E-state index contributed by atoms with van der Waals surface area (Å²) in [4.78, 5) is 0. The predicted octanol–water partition coefficient (Wildman–Crippen LogP) is 2.77. The van der Waals surface area contributed by atoms with Crippen LogP contribution in [0.2, 0.25) is 0 Å². The highest BCUT2D eigenvalue weighted by molar-refractivity contribution is 5.29. The van der Waals surface area contributed by atoms with E-state index in [-0.39, 0.29) is 0 Å². The van der Waals surface area contributed by atoms with E-state index in [4.69, 9.17) is 0 Å². The van der Waals surface area contributed by atoms with Crippen LogP contribution in [0.3, 0.4) is 0 Å². The number of allylic oxidation sites excluding steroid dienone is 4. The Hall–Kier alpha value is -0.520. The second-order valence-electron chi connectivity index (χ2n) is 3.47. The van der Waals surface area contributed by atoms with E-state index in [0.29, 0.717) is 0 Å². The summed E-state index contributed by atoms with van der Waals surface area (Å²) in [5, 5.41) is 0. The SMILES string of the molecule is CC=C1C2C=CC(C2)C1C. The van der Waals surface area contributed by atoms with Gasteiger partial charge >= 0.3 is 0 Å². The Balaban J connectivity index is 2.34. The van der Waals surface area contributed by atoms with Crippen molar-refractivity contribution >= 4 is 0 Å². The minimum absolute atomic E-state index is 0.810. The van der Waals surface area contributed by atoms with E-state index in [1.54, 1.807) is 5.57 Å². The van der Waals surface area contributed by atoms with Crippen LogP contribution in [0, 0.1) is 17.8 Å². The summed E-state index contributed by atoms with van der Waals surface area (Å²) in [6, 6.07) is 0. The maximum Gasteiger partial charge on any atom is -0.00146 e. The molecule has 0 heteroatoms. The van der Waals surface area contributed by atoms with Crippen molar-refractivity contribution < 1.29 is 0 Å². The van der Waals surface area contributed by atoms with Crippen LogP contribution < -0.4 is 0 Å². The van der Waals surface area contributed by atoms with E-state index in [2.05, 4.69) is 32.1 Å². The molecular weight excluding hydrogens is 120 g/mol. The van der Waals surface area contributed by atoms with Gasteiger partial charge in [0.15, 0.2) is 0 Å². The predicted molar refractivity (Wildman–Crippen MR) is 43.7 cm³/mol. The average molecular weight is 134 g/mol. The Kier molecular flexibility index (Phi) is 1.23. The molecule has 0 heterocycles. The standard InChI is InChI=1S/C10H14/c1-3-10-7(2)8-4-5-9(10)6-8/h3-5,7-9H,6H2,1-2H3. The van der Waals surface area contributed by atoms with Gasteiger partial charge in [0.1, 0.15) is 0 Å². The van der Waals surface area contributed by atoms with Crippen molar-refractivity contribution in [2.75, 3.05) is 0 Å². The lowest BCUT2D eigenvalue weighted by Crippen LogP contribution is -2.04. The van der Waals surface area contributed by atoms with Gasteiger partial charge in [-0.3, -0.25) is 0 Å². The topological polar surface area (TPSA) is 0 Å². The Morgan fingerprint density at radius 1 is 1.50 bits per heavy atom. The molecule has 54 valence electrons. The van der Waals surface area contributed by atoms with Gasteiger partial charge in [0.05, 0.1) is 0 Å². The molecule has 0 N–H and O–H groups in total. The van der Waals surface area contributed by atoms with Crippen LogP contribution in [0.4, 0.5) is 0 Å². The molecule has 1 fully saturated rings. The van der Waals surface area contributed by atoms with Crippen LogP contribution in [0.25, 0.3) is 0 Å².